The van der Waals surface area contributed by atoms with Crippen LogP contribution in [0.15, 0.2) is 42.6 Å². The fraction of sp³-hybridized carbons (Fsp3) is 0.292. The van der Waals surface area contributed by atoms with Gasteiger partial charge >= 0.3 is 0 Å². The Morgan fingerprint density at radius 1 is 1.36 bits per heavy atom. The first-order valence-corrected chi connectivity index (χ1v) is 10.6. The summed E-state index contributed by atoms with van der Waals surface area (Å²) in [6, 6.07) is 10.9. The number of hydrogen-bond acceptors (Lipinski definition) is 8. The molecular formula is C24H26N6O3. The molecule has 1 saturated heterocycles. The molecule has 2 atom stereocenters. The van der Waals surface area contributed by atoms with Gasteiger partial charge in [-0.1, -0.05) is 24.0 Å². The number of ether oxygens (including phenoxy) is 2. The number of aliphatic hydroxyl groups excluding tert-OH is 1. The van der Waals surface area contributed by atoms with Crippen LogP contribution in [-0.4, -0.2) is 59.4 Å². The molecule has 9 nitrogen and oxygen atoms in total. The highest BCUT2D eigenvalue weighted by molar-refractivity contribution is 5.90. The summed E-state index contributed by atoms with van der Waals surface area (Å²) >= 11 is 0. The Bertz CT molecular complexity index is 1150. The van der Waals surface area contributed by atoms with Crippen molar-refractivity contribution in [2.24, 2.45) is 0 Å². The second kappa shape index (κ2) is 10.2. The standard InChI is InChI=1S/C24H26N6O3/c1-16-15-33-12-11-30(16)23-13-18(5-8-21(31)17-3-6-19(32-2)7-4-17)20(14-25)24(28-23)27-22-9-10-26-29-22/h3-4,6-7,9-10,13-14,16,21,25,31H,11-12,15H2,1-2H3,(H2,26,27,28,29)/t16-,21?/m1/s1. The lowest BCUT2D eigenvalue weighted by atomic mass is 10.1. The van der Waals surface area contributed by atoms with Gasteiger partial charge in [-0.2, -0.15) is 5.10 Å². The smallest absolute Gasteiger partial charge is 0.144 e. The van der Waals surface area contributed by atoms with E-state index in [9.17, 15) is 5.11 Å². The van der Waals surface area contributed by atoms with E-state index in [2.05, 4.69) is 39.2 Å². The number of pyridine rings is 1. The van der Waals surface area contributed by atoms with E-state index in [-0.39, 0.29) is 6.04 Å². The van der Waals surface area contributed by atoms with Gasteiger partial charge in [0.25, 0.3) is 0 Å². The number of rotatable bonds is 6. The third kappa shape index (κ3) is 5.14. The van der Waals surface area contributed by atoms with Crippen LogP contribution in [0.2, 0.25) is 0 Å². The highest BCUT2D eigenvalue weighted by atomic mass is 16.5. The fourth-order valence-electron chi connectivity index (χ4n) is 3.57. The summed E-state index contributed by atoms with van der Waals surface area (Å²) in [5.41, 5.74) is 1.76. The van der Waals surface area contributed by atoms with Gasteiger partial charge in [-0.3, -0.25) is 5.10 Å². The zero-order valence-electron chi connectivity index (χ0n) is 18.5. The van der Waals surface area contributed by atoms with E-state index >= 15 is 0 Å². The van der Waals surface area contributed by atoms with Crippen LogP contribution in [0.1, 0.15) is 29.7 Å². The molecule has 0 amide bonds. The van der Waals surface area contributed by atoms with Gasteiger partial charge in [0, 0.05) is 24.4 Å². The molecule has 1 aromatic carbocycles. The van der Waals surface area contributed by atoms with Crippen molar-refractivity contribution in [3.63, 3.8) is 0 Å². The average Bonchev–Trinajstić information content (AvgIpc) is 3.35. The van der Waals surface area contributed by atoms with E-state index in [0.717, 1.165) is 5.82 Å². The van der Waals surface area contributed by atoms with Crippen molar-refractivity contribution < 1.29 is 14.6 Å². The molecule has 170 valence electrons. The lowest BCUT2D eigenvalue weighted by Crippen LogP contribution is -2.44. The van der Waals surface area contributed by atoms with Crippen molar-refractivity contribution in [2.45, 2.75) is 19.1 Å². The first kappa shape index (κ1) is 22.3. The first-order chi connectivity index (χ1) is 16.1. The molecule has 1 aliphatic rings. The molecule has 0 saturated carbocycles. The number of nitrogens with one attached hydrogen (secondary N) is 3. The van der Waals surface area contributed by atoms with Crippen molar-refractivity contribution in [1.82, 2.24) is 15.2 Å². The van der Waals surface area contributed by atoms with Crippen LogP contribution >= 0.6 is 0 Å². The number of morpholine rings is 1. The molecule has 1 fully saturated rings. The summed E-state index contributed by atoms with van der Waals surface area (Å²) in [5, 5.41) is 28.6. The Balaban J connectivity index is 1.72. The second-order valence-electron chi connectivity index (χ2n) is 7.59. The number of nitrogens with zero attached hydrogens (tertiary/aromatic N) is 3. The number of aromatic amines is 1. The monoisotopic (exact) mass is 446 g/mol. The lowest BCUT2D eigenvalue weighted by Gasteiger charge is -2.34. The van der Waals surface area contributed by atoms with Crippen molar-refractivity contribution in [2.75, 3.05) is 37.1 Å². The Labute approximate surface area is 192 Å². The summed E-state index contributed by atoms with van der Waals surface area (Å²) in [6.45, 7) is 3.99. The third-order valence-electron chi connectivity index (χ3n) is 5.38. The Morgan fingerprint density at radius 2 is 2.18 bits per heavy atom. The summed E-state index contributed by atoms with van der Waals surface area (Å²) < 4.78 is 10.7. The summed E-state index contributed by atoms with van der Waals surface area (Å²) in [6.07, 6.45) is 1.85. The van der Waals surface area contributed by atoms with Crippen molar-refractivity contribution in [3.8, 4) is 17.6 Å². The van der Waals surface area contributed by atoms with Crippen molar-refractivity contribution >= 4 is 23.7 Å². The van der Waals surface area contributed by atoms with Crippen LogP contribution in [0.4, 0.5) is 17.5 Å². The average molecular weight is 447 g/mol. The van der Waals surface area contributed by atoms with Crippen LogP contribution in [0, 0.1) is 17.3 Å². The van der Waals surface area contributed by atoms with Gasteiger partial charge in [0.1, 0.15) is 29.3 Å². The molecule has 4 rings (SSSR count). The predicted octanol–water partition coefficient (Wildman–Crippen LogP) is 2.86. The summed E-state index contributed by atoms with van der Waals surface area (Å²) in [5.74, 6) is 8.51. The molecule has 0 radical (unpaired) electrons. The molecule has 0 spiro atoms. The van der Waals surface area contributed by atoms with Gasteiger partial charge in [-0.15, -0.1) is 0 Å². The van der Waals surface area contributed by atoms with Gasteiger partial charge in [-0.25, -0.2) is 4.98 Å². The van der Waals surface area contributed by atoms with Crippen LogP contribution in [0.5, 0.6) is 5.75 Å². The van der Waals surface area contributed by atoms with Gasteiger partial charge in [0.15, 0.2) is 0 Å². The number of anilines is 3. The van der Waals surface area contributed by atoms with E-state index in [1.54, 1.807) is 43.6 Å². The molecule has 33 heavy (non-hydrogen) atoms. The van der Waals surface area contributed by atoms with Crippen molar-refractivity contribution in [3.05, 3.63) is 59.3 Å². The maximum atomic E-state index is 10.6. The van der Waals surface area contributed by atoms with Crippen LogP contribution < -0.4 is 15.0 Å². The third-order valence-corrected chi connectivity index (χ3v) is 5.38. The molecular weight excluding hydrogens is 420 g/mol. The van der Waals surface area contributed by atoms with Gasteiger partial charge in [0.05, 0.1) is 38.1 Å². The number of aliphatic hydroxyl groups is 1. The highest BCUT2D eigenvalue weighted by Crippen LogP contribution is 2.27. The minimum atomic E-state index is -0.988. The maximum Gasteiger partial charge on any atom is 0.144 e. The SMILES string of the molecule is COc1ccc(C(O)C#Cc2cc(N3CCOC[C@H]3C)nc(Nc3ccn[nH]3)c2C=N)cc1. The van der Waals surface area contributed by atoms with E-state index in [1.807, 2.05) is 6.07 Å². The molecule has 3 aromatic rings. The number of H-pyrrole nitrogens is 1. The van der Waals surface area contributed by atoms with Crippen molar-refractivity contribution in [1.29, 1.82) is 5.41 Å². The Kier molecular flexibility index (Phi) is 6.88. The Hall–Kier alpha value is -3.87. The molecule has 3 heterocycles. The van der Waals surface area contributed by atoms with E-state index in [0.29, 0.717) is 53.8 Å². The second-order valence-corrected chi connectivity index (χ2v) is 7.59. The minimum Gasteiger partial charge on any atom is -0.497 e. The topological polar surface area (TPSA) is 119 Å². The number of aromatic nitrogens is 3. The zero-order valence-corrected chi connectivity index (χ0v) is 18.5. The highest BCUT2D eigenvalue weighted by Gasteiger charge is 2.22. The lowest BCUT2D eigenvalue weighted by molar-refractivity contribution is 0.0985. The molecule has 0 bridgehead atoms. The number of methoxy groups -OCH3 is 1. The molecule has 1 aliphatic heterocycles. The Morgan fingerprint density at radius 3 is 2.85 bits per heavy atom. The van der Waals surface area contributed by atoms with E-state index in [1.165, 1.54) is 6.21 Å². The molecule has 1 unspecified atom stereocenters. The normalized spacial score (nSPS) is 16.5. The number of benzene rings is 1. The fourth-order valence-corrected chi connectivity index (χ4v) is 3.57. The van der Waals surface area contributed by atoms with Crippen LogP contribution in [0.25, 0.3) is 0 Å². The molecule has 9 heteroatoms. The van der Waals surface area contributed by atoms with Gasteiger partial charge < -0.3 is 30.2 Å². The van der Waals surface area contributed by atoms with Crippen LogP contribution in [0.3, 0.4) is 0 Å². The number of hydrogen-bond donors (Lipinski definition) is 4. The zero-order chi connectivity index (χ0) is 23.2. The minimum absolute atomic E-state index is 0.141. The molecule has 4 N–H and O–H groups in total. The summed E-state index contributed by atoms with van der Waals surface area (Å²) in [4.78, 5) is 6.93. The van der Waals surface area contributed by atoms with Crippen LogP contribution in [-0.2, 0) is 4.74 Å². The maximum absolute atomic E-state index is 10.6. The largest absolute Gasteiger partial charge is 0.497 e. The quantitative estimate of drug-likeness (QED) is 0.340. The molecule has 2 aromatic heterocycles. The first-order valence-electron chi connectivity index (χ1n) is 10.6. The van der Waals surface area contributed by atoms with E-state index in [4.69, 9.17) is 19.9 Å². The van der Waals surface area contributed by atoms with E-state index < -0.39 is 6.10 Å². The predicted molar refractivity (Wildman–Crippen MR) is 126 cm³/mol. The van der Waals surface area contributed by atoms with Gasteiger partial charge in [-0.05, 0) is 30.7 Å². The summed E-state index contributed by atoms with van der Waals surface area (Å²) in [7, 11) is 1.59. The molecule has 0 aliphatic carbocycles. The van der Waals surface area contributed by atoms with Gasteiger partial charge in [0.2, 0.25) is 0 Å².